The Kier molecular flexibility index (Phi) is 6.33. The molecule has 1 aliphatic heterocycles. The molecule has 26 heavy (non-hydrogen) atoms. The monoisotopic (exact) mass is 417 g/mol. The highest BCUT2D eigenvalue weighted by Crippen LogP contribution is 2.32. The van der Waals surface area contributed by atoms with Crippen molar-refractivity contribution in [2.75, 3.05) is 18.4 Å². The third kappa shape index (κ3) is 4.83. The molecular formula is C18H22Cl3N3O2. The predicted molar refractivity (Wildman–Crippen MR) is 105 cm³/mol. The van der Waals surface area contributed by atoms with E-state index in [0.717, 1.165) is 25.7 Å². The summed E-state index contributed by atoms with van der Waals surface area (Å²) in [6.07, 6.45) is 3.73. The molecule has 3 rings (SSSR count). The highest BCUT2D eigenvalue weighted by atomic mass is 35.5. The topological polar surface area (TPSA) is 61.4 Å². The van der Waals surface area contributed by atoms with E-state index in [1.54, 1.807) is 6.07 Å². The van der Waals surface area contributed by atoms with E-state index in [0.29, 0.717) is 39.9 Å². The number of halogens is 3. The van der Waals surface area contributed by atoms with Crippen molar-refractivity contribution in [3.05, 3.63) is 27.2 Å². The van der Waals surface area contributed by atoms with E-state index in [9.17, 15) is 9.59 Å². The van der Waals surface area contributed by atoms with E-state index in [-0.39, 0.29) is 23.8 Å². The van der Waals surface area contributed by atoms with Crippen molar-refractivity contribution in [3.8, 4) is 0 Å². The van der Waals surface area contributed by atoms with Crippen LogP contribution in [0.25, 0.3) is 0 Å². The number of rotatable bonds is 5. The first-order valence-electron chi connectivity index (χ1n) is 8.85. The molecule has 2 aliphatic rings. The molecule has 1 unspecified atom stereocenters. The molecular weight excluding hydrogens is 397 g/mol. The minimum Gasteiger partial charge on any atom is -0.353 e. The van der Waals surface area contributed by atoms with E-state index in [1.165, 1.54) is 6.07 Å². The summed E-state index contributed by atoms with van der Waals surface area (Å²) in [6, 6.07) is 3.12. The SMILES string of the molecule is CC(C(=O)Nc1cc(Cl)c(Cl)cc1Cl)N1CCC(C(=O)NC2CC2)CC1. The van der Waals surface area contributed by atoms with Crippen molar-refractivity contribution < 1.29 is 9.59 Å². The molecule has 1 aromatic carbocycles. The smallest absolute Gasteiger partial charge is 0.241 e. The molecule has 1 heterocycles. The summed E-state index contributed by atoms with van der Waals surface area (Å²) in [6.45, 7) is 3.28. The van der Waals surface area contributed by atoms with Crippen LogP contribution in [0.3, 0.4) is 0 Å². The molecule has 1 aromatic rings. The number of piperidine rings is 1. The first-order chi connectivity index (χ1) is 12.3. The van der Waals surface area contributed by atoms with Gasteiger partial charge in [-0.3, -0.25) is 14.5 Å². The van der Waals surface area contributed by atoms with Gasteiger partial charge in [-0.25, -0.2) is 0 Å². The molecule has 1 aliphatic carbocycles. The Balaban J connectivity index is 1.53. The van der Waals surface area contributed by atoms with Crippen LogP contribution in [0.2, 0.25) is 15.1 Å². The maximum absolute atomic E-state index is 12.6. The number of hydrogen-bond acceptors (Lipinski definition) is 3. The molecule has 2 fully saturated rings. The Morgan fingerprint density at radius 2 is 1.65 bits per heavy atom. The van der Waals surface area contributed by atoms with Gasteiger partial charge in [0.15, 0.2) is 0 Å². The van der Waals surface area contributed by atoms with Gasteiger partial charge in [0, 0.05) is 12.0 Å². The van der Waals surface area contributed by atoms with Crippen LogP contribution in [0.1, 0.15) is 32.6 Å². The largest absolute Gasteiger partial charge is 0.353 e. The van der Waals surface area contributed by atoms with Crippen LogP contribution in [0.5, 0.6) is 0 Å². The van der Waals surface area contributed by atoms with Gasteiger partial charge in [-0.1, -0.05) is 34.8 Å². The third-order valence-electron chi connectivity index (χ3n) is 5.02. The minimum absolute atomic E-state index is 0.0478. The average Bonchev–Trinajstić information content (AvgIpc) is 3.43. The number of benzene rings is 1. The molecule has 8 heteroatoms. The Labute approximate surface area is 168 Å². The maximum Gasteiger partial charge on any atom is 0.241 e. The first-order valence-corrected chi connectivity index (χ1v) is 9.98. The van der Waals surface area contributed by atoms with Crippen LogP contribution in [0, 0.1) is 5.92 Å². The fourth-order valence-corrected chi connectivity index (χ4v) is 3.71. The molecule has 0 bridgehead atoms. The fraction of sp³-hybridized carbons (Fsp3) is 0.556. The first kappa shape index (κ1) is 19.7. The van der Waals surface area contributed by atoms with Crippen molar-refractivity contribution >= 4 is 52.3 Å². The summed E-state index contributed by atoms with van der Waals surface area (Å²) in [5, 5.41) is 6.89. The lowest BCUT2D eigenvalue weighted by molar-refractivity contribution is -0.127. The van der Waals surface area contributed by atoms with Gasteiger partial charge < -0.3 is 10.6 Å². The van der Waals surface area contributed by atoms with Gasteiger partial charge in [-0.15, -0.1) is 0 Å². The molecule has 2 amide bonds. The second-order valence-electron chi connectivity index (χ2n) is 7.00. The number of amides is 2. The Morgan fingerprint density at radius 3 is 2.27 bits per heavy atom. The Bertz CT molecular complexity index is 701. The summed E-state index contributed by atoms with van der Waals surface area (Å²) in [5.41, 5.74) is 0.441. The second kappa shape index (κ2) is 8.34. The van der Waals surface area contributed by atoms with Crippen LogP contribution in [-0.4, -0.2) is 41.9 Å². The molecule has 1 saturated heterocycles. The number of carbonyl (C=O) groups excluding carboxylic acids is 2. The highest BCUT2D eigenvalue weighted by Gasteiger charge is 2.32. The molecule has 0 radical (unpaired) electrons. The number of carbonyl (C=O) groups is 2. The molecule has 0 aromatic heterocycles. The lowest BCUT2D eigenvalue weighted by atomic mass is 9.95. The van der Waals surface area contributed by atoms with Gasteiger partial charge in [-0.05, 0) is 57.8 Å². The lowest BCUT2D eigenvalue weighted by Gasteiger charge is -2.34. The molecule has 2 N–H and O–H groups in total. The number of likely N-dealkylation sites (tertiary alicyclic amines) is 1. The third-order valence-corrected chi connectivity index (χ3v) is 6.05. The molecule has 5 nitrogen and oxygen atoms in total. The van der Waals surface area contributed by atoms with Crippen LogP contribution in [-0.2, 0) is 9.59 Å². The zero-order chi connectivity index (χ0) is 18.8. The number of anilines is 1. The van der Waals surface area contributed by atoms with E-state index < -0.39 is 0 Å². The predicted octanol–water partition coefficient (Wildman–Crippen LogP) is 3.96. The number of nitrogens with zero attached hydrogens (tertiary/aromatic N) is 1. The summed E-state index contributed by atoms with van der Waals surface area (Å²) in [4.78, 5) is 26.8. The van der Waals surface area contributed by atoms with Crippen LogP contribution < -0.4 is 10.6 Å². The summed E-state index contributed by atoms with van der Waals surface area (Å²) in [5.74, 6) is 0.0460. The number of hydrogen-bond donors (Lipinski definition) is 2. The zero-order valence-corrected chi connectivity index (χ0v) is 16.8. The highest BCUT2D eigenvalue weighted by molar-refractivity contribution is 6.44. The quantitative estimate of drug-likeness (QED) is 0.711. The summed E-state index contributed by atoms with van der Waals surface area (Å²) >= 11 is 18.0. The zero-order valence-electron chi connectivity index (χ0n) is 14.5. The van der Waals surface area contributed by atoms with Crippen LogP contribution in [0.15, 0.2) is 12.1 Å². The average molecular weight is 419 g/mol. The molecule has 1 saturated carbocycles. The van der Waals surface area contributed by atoms with Gasteiger partial charge >= 0.3 is 0 Å². The van der Waals surface area contributed by atoms with Gasteiger partial charge in [0.2, 0.25) is 11.8 Å². The normalized spacial score (nSPS) is 19.8. The lowest BCUT2D eigenvalue weighted by Crippen LogP contribution is -2.48. The van der Waals surface area contributed by atoms with E-state index in [2.05, 4.69) is 15.5 Å². The second-order valence-corrected chi connectivity index (χ2v) is 8.23. The Hall–Kier alpha value is -1.01. The van der Waals surface area contributed by atoms with E-state index in [1.807, 2.05) is 6.92 Å². The van der Waals surface area contributed by atoms with Crippen LogP contribution in [0.4, 0.5) is 5.69 Å². The van der Waals surface area contributed by atoms with Gasteiger partial charge in [-0.2, -0.15) is 0 Å². The van der Waals surface area contributed by atoms with Gasteiger partial charge in [0.1, 0.15) is 0 Å². The van der Waals surface area contributed by atoms with Crippen molar-refractivity contribution in [3.63, 3.8) is 0 Å². The van der Waals surface area contributed by atoms with Gasteiger partial charge in [0.05, 0.1) is 26.8 Å². The Morgan fingerprint density at radius 1 is 1.04 bits per heavy atom. The van der Waals surface area contributed by atoms with Crippen molar-refractivity contribution in [2.45, 2.75) is 44.7 Å². The van der Waals surface area contributed by atoms with Crippen molar-refractivity contribution in [1.29, 1.82) is 0 Å². The maximum atomic E-state index is 12.6. The molecule has 1 atom stereocenters. The standard InChI is InChI=1S/C18H22Cl3N3O2/c1-10(17(25)23-16-9-14(20)13(19)8-15(16)21)24-6-4-11(5-7-24)18(26)22-12-2-3-12/h8-12H,2-7H2,1H3,(H,22,26)(H,23,25). The minimum atomic E-state index is -0.326. The van der Waals surface area contributed by atoms with E-state index in [4.69, 9.17) is 34.8 Å². The summed E-state index contributed by atoms with van der Waals surface area (Å²) < 4.78 is 0. The molecule has 0 spiro atoms. The number of nitrogens with one attached hydrogen (secondary N) is 2. The van der Waals surface area contributed by atoms with Gasteiger partial charge in [0.25, 0.3) is 0 Å². The van der Waals surface area contributed by atoms with E-state index >= 15 is 0 Å². The molecule has 142 valence electrons. The van der Waals surface area contributed by atoms with Crippen molar-refractivity contribution in [2.24, 2.45) is 5.92 Å². The fourth-order valence-electron chi connectivity index (χ4n) is 3.12. The summed E-state index contributed by atoms with van der Waals surface area (Å²) in [7, 11) is 0. The van der Waals surface area contributed by atoms with Crippen molar-refractivity contribution in [1.82, 2.24) is 10.2 Å². The van der Waals surface area contributed by atoms with Crippen LogP contribution >= 0.6 is 34.8 Å².